The topological polar surface area (TPSA) is 41.5 Å². The number of aliphatic hydroxyl groups is 1. The van der Waals surface area contributed by atoms with Crippen molar-refractivity contribution in [2.45, 2.75) is 45.3 Å². The molecule has 21 heavy (non-hydrogen) atoms. The molecule has 0 aliphatic heterocycles. The van der Waals surface area contributed by atoms with E-state index < -0.39 is 5.60 Å². The molecule has 0 spiro atoms. The third-order valence-electron chi connectivity index (χ3n) is 5.85. The van der Waals surface area contributed by atoms with Gasteiger partial charge in [0.15, 0.2) is 0 Å². The standard InChI is InChI=1S/C18H27NO2/c1-4-21-16-11-13-10-15(17(13,2)3)18(16,20)12-19-14-8-6-5-7-9-14/h5-9,13,15-16,19-20H,4,10-12H2,1-3H3/t13-,15-,16+,18-/m1/s1. The lowest BCUT2D eigenvalue weighted by atomic mass is 9.43. The Balaban J connectivity index is 1.77. The van der Waals surface area contributed by atoms with Crippen LogP contribution in [0.15, 0.2) is 30.3 Å². The maximum absolute atomic E-state index is 11.4. The van der Waals surface area contributed by atoms with E-state index in [1.165, 1.54) is 0 Å². The van der Waals surface area contributed by atoms with Crippen LogP contribution in [0.2, 0.25) is 0 Å². The van der Waals surface area contributed by atoms with Crippen LogP contribution in [0.3, 0.4) is 0 Å². The Hall–Kier alpha value is -1.06. The Kier molecular flexibility index (Phi) is 3.74. The number of rotatable bonds is 5. The fourth-order valence-electron chi connectivity index (χ4n) is 4.40. The predicted molar refractivity (Wildman–Crippen MR) is 85.3 cm³/mol. The highest BCUT2D eigenvalue weighted by atomic mass is 16.5. The van der Waals surface area contributed by atoms with Crippen molar-refractivity contribution < 1.29 is 9.84 Å². The fraction of sp³-hybridized carbons (Fsp3) is 0.667. The second-order valence-electron chi connectivity index (χ2n) is 7.20. The summed E-state index contributed by atoms with van der Waals surface area (Å²) in [6.45, 7) is 7.82. The van der Waals surface area contributed by atoms with E-state index in [0.29, 0.717) is 25.0 Å². The number of hydrogen-bond acceptors (Lipinski definition) is 3. The third-order valence-corrected chi connectivity index (χ3v) is 5.85. The number of anilines is 1. The van der Waals surface area contributed by atoms with Gasteiger partial charge in [0, 0.05) is 18.8 Å². The number of benzene rings is 1. The molecule has 3 saturated carbocycles. The first kappa shape index (κ1) is 14.9. The highest BCUT2D eigenvalue weighted by Crippen LogP contribution is 2.63. The first-order valence-corrected chi connectivity index (χ1v) is 8.11. The van der Waals surface area contributed by atoms with Crippen LogP contribution < -0.4 is 5.32 Å². The van der Waals surface area contributed by atoms with Crippen LogP contribution in [-0.2, 0) is 4.74 Å². The highest BCUT2D eigenvalue weighted by molar-refractivity contribution is 5.43. The Morgan fingerprint density at radius 3 is 2.57 bits per heavy atom. The van der Waals surface area contributed by atoms with E-state index in [-0.39, 0.29) is 11.5 Å². The molecular weight excluding hydrogens is 262 g/mol. The molecule has 0 saturated heterocycles. The summed E-state index contributed by atoms with van der Waals surface area (Å²) >= 11 is 0. The number of nitrogens with one attached hydrogen (secondary N) is 1. The summed E-state index contributed by atoms with van der Waals surface area (Å²) in [4.78, 5) is 0. The molecule has 1 aromatic rings. The van der Waals surface area contributed by atoms with Crippen LogP contribution in [0.25, 0.3) is 0 Å². The summed E-state index contributed by atoms with van der Waals surface area (Å²) in [6.07, 6.45) is 2.06. The van der Waals surface area contributed by atoms with Crippen LogP contribution in [0.5, 0.6) is 0 Å². The average molecular weight is 289 g/mol. The van der Waals surface area contributed by atoms with Gasteiger partial charge in [-0.25, -0.2) is 0 Å². The zero-order chi connectivity index (χ0) is 15.1. The van der Waals surface area contributed by atoms with Crippen molar-refractivity contribution in [1.29, 1.82) is 0 Å². The zero-order valence-corrected chi connectivity index (χ0v) is 13.3. The van der Waals surface area contributed by atoms with Gasteiger partial charge in [-0.2, -0.15) is 0 Å². The highest BCUT2D eigenvalue weighted by Gasteiger charge is 2.64. The lowest BCUT2D eigenvalue weighted by Gasteiger charge is -2.65. The van der Waals surface area contributed by atoms with Gasteiger partial charge in [0.2, 0.25) is 0 Å². The van der Waals surface area contributed by atoms with Crippen molar-refractivity contribution >= 4 is 5.69 Å². The third kappa shape index (κ3) is 2.36. The van der Waals surface area contributed by atoms with E-state index >= 15 is 0 Å². The summed E-state index contributed by atoms with van der Waals surface area (Å²) in [6, 6.07) is 10.1. The molecule has 2 bridgehead atoms. The van der Waals surface area contributed by atoms with Gasteiger partial charge in [0.1, 0.15) is 5.60 Å². The van der Waals surface area contributed by atoms with Crippen LogP contribution in [-0.4, -0.2) is 30.0 Å². The minimum Gasteiger partial charge on any atom is -0.385 e. The summed E-state index contributed by atoms with van der Waals surface area (Å²) in [7, 11) is 0. The van der Waals surface area contributed by atoms with E-state index in [0.717, 1.165) is 18.5 Å². The second-order valence-corrected chi connectivity index (χ2v) is 7.20. The molecule has 0 aromatic heterocycles. The van der Waals surface area contributed by atoms with Gasteiger partial charge in [-0.3, -0.25) is 0 Å². The Bertz CT molecular complexity index is 487. The van der Waals surface area contributed by atoms with E-state index in [4.69, 9.17) is 4.74 Å². The maximum atomic E-state index is 11.4. The fourth-order valence-corrected chi connectivity index (χ4v) is 4.40. The van der Waals surface area contributed by atoms with Gasteiger partial charge in [-0.05, 0) is 49.1 Å². The van der Waals surface area contributed by atoms with Crippen LogP contribution >= 0.6 is 0 Å². The predicted octanol–water partition coefficient (Wildman–Crippen LogP) is 3.30. The number of fused-ring (bicyclic) bond motifs is 2. The number of para-hydroxylation sites is 1. The molecule has 4 atom stereocenters. The van der Waals surface area contributed by atoms with Crippen molar-refractivity contribution in [3.8, 4) is 0 Å². The molecule has 0 amide bonds. The quantitative estimate of drug-likeness (QED) is 0.874. The number of ether oxygens (including phenoxy) is 1. The Morgan fingerprint density at radius 2 is 1.95 bits per heavy atom. The first-order valence-electron chi connectivity index (χ1n) is 8.11. The smallest absolute Gasteiger partial charge is 0.111 e. The van der Waals surface area contributed by atoms with Gasteiger partial charge in [-0.1, -0.05) is 32.0 Å². The van der Waals surface area contributed by atoms with Crippen molar-refractivity contribution in [2.24, 2.45) is 17.3 Å². The largest absolute Gasteiger partial charge is 0.385 e. The Labute approximate surface area is 127 Å². The van der Waals surface area contributed by atoms with Gasteiger partial charge in [0.05, 0.1) is 6.10 Å². The molecule has 3 aliphatic carbocycles. The molecule has 0 unspecified atom stereocenters. The molecule has 3 heteroatoms. The molecule has 0 radical (unpaired) electrons. The molecule has 1 aromatic carbocycles. The lowest BCUT2D eigenvalue weighted by molar-refractivity contribution is -0.257. The Morgan fingerprint density at radius 1 is 1.24 bits per heavy atom. The molecule has 2 N–H and O–H groups in total. The van der Waals surface area contributed by atoms with Crippen molar-refractivity contribution in [3.05, 3.63) is 30.3 Å². The van der Waals surface area contributed by atoms with E-state index in [1.54, 1.807) is 0 Å². The second kappa shape index (κ2) is 5.29. The van der Waals surface area contributed by atoms with Crippen LogP contribution in [0.1, 0.15) is 33.6 Å². The summed E-state index contributed by atoms with van der Waals surface area (Å²) < 4.78 is 5.89. The first-order chi connectivity index (χ1) is 9.98. The summed E-state index contributed by atoms with van der Waals surface area (Å²) in [5.74, 6) is 1.01. The van der Waals surface area contributed by atoms with Crippen molar-refractivity contribution in [2.75, 3.05) is 18.5 Å². The number of hydrogen-bond donors (Lipinski definition) is 2. The van der Waals surface area contributed by atoms with Crippen LogP contribution in [0.4, 0.5) is 5.69 Å². The zero-order valence-electron chi connectivity index (χ0n) is 13.3. The normalized spacial score (nSPS) is 36.9. The van der Waals surface area contributed by atoms with Gasteiger partial charge >= 0.3 is 0 Å². The minimum atomic E-state index is -0.774. The lowest BCUT2D eigenvalue weighted by Crippen LogP contribution is -2.70. The summed E-state index contributed by atoms with van der Waals surface area (Å²) in [5.41, 5.74) is 0.505. The van der Waals surface area contributed by atoms with Crippen LogP contribution in [0, 0.1) is 17.3 Å². The van der Waals surface area contributed by atoms with Gasteiger partial charge in [-0.15, -0.1) is 0 Å². The average Bonchev–Trinajstić information content (AvgIpc) is 2.48. The van der Waals surface area contributed by atoms with Crippen molar-refractivity contribution in [1.82, 2.24) is 0 Å². The van der Waals surface area contributed by atoms with Crippen molar-refractivity contribution in [3.63, 3.8) is 0 Å². The molecule has 116 valence electrons. The van der Waals surface area contributed by atoms with E-state index in [9.17, 15) is 5.11 Å². The molecule has 3 aliphatic rings. The van der Waals surface area contributed by atoms with E-state index in [1.807, 2.05) is 37.3 Å². The molecule has 4 rings (SSSR count). The molecule has 0 heterocycles. The van der Waals surface area contributed by atoms with Gasteiger partial charge in [0.25, 0.3) is 0 Å². The summed E-state index contributed by atoms with van der Waals surface area (Å²) in [5, 5.41) is 14.8. The molecule has 3 fully saturated rings. The molecular formula is C18H27NO2. The molecule has 3 nitrogen and oxygen atoms in total. The van der Waals surface area contributed by atoms with E-state index in [2.05, 4.69) is 19.2 Å². The monoisotopic (exact) mass is 289 g/mol. The van der Waals surface area contributed by atoms with Gasteiger partial charge < -0.3 is 15.2 Å². The minimum absolute atomic E-state index is 0.0458. The SMILES string of the molecule is CCO[C@H]1C[C@H]2C[C@H](C2(C)C)[C@]1(O)CNc1ccccc1. The maximum Gasteiger partial charge on any atom is 0.111 e.